The van der Waals surface area contributed by atoms with Crippen LogP contribution in [-0.2, 0) is 13.0 Å². The van der Waals surface area contributed by atoms with E-state index in [9.17, 15) is 8.78 Å². The molecule has 0 amide bonds. The zero-order chi connectivity index (χ0) is 17.4. The molecule has 24 heavy (non-hydrogen) atoms. The molecular weight excluding hydrogens is 306 g/mol. The van der Waals surface area contributed by atoms with Gasteiger partial charge in [0.05, 0.1) is 0 Å². The maximum atomic E-state index is 13.1. The fraction of sp³-hybridized carbons (Fsp3) is 0.429. The predicted molar refractivity (Wildman–Crippen MR) is 94.1 cm³/mol. The third-order valence-electron chi connectivity index (χ3n) is 4.26. The highest BCUT2D eigenvalue weighted by molar-refractivity contribution is 5.26. The highest BCUT2D eigenvalue weighted by Gasteiger charge is 2.04. The minimum atomic E-state index is -0.889. The lowest BCUT2D eigenvalue weighted by Gasteiger charge is -2.10. The maximum absolute atomic E-state index is 13.1. The Hall–Kier alpha value is -1.90. The minimum Gasteiger partial charge on any atom is -0.489 e. The van der Waals surface area contributed by atoms with Crippen molar-refractivity contribution >= 4 is 0 Å². The van der Waals surface area contributed by atoms with E-state index in [2.05, 4.69) is 26.0 Å². The van der Waals surface area contributed by atoms with Gasteiger partial charge in [0.1, 0.15) is 12.4 Å². The van der Waals surface area contributed by atoms with Crippen molar-refractivity contribution in [3.05, 3.63) is 65.2 Å². The van der Waals surface area contributed by atoms with Gasteiger partial charge in [0.2, 0.25) is 0 Å². The van der Waals surface area contributed by atoms with Crippen LogP contribution in [0.5, 0.6) is 5.75 Å². The van der Waals surface area contributed by atoms with E-state index in [0.29, 0.717) is 12.4 Å². The molecule has 0 aromatic heterocycles. The molecule has 130 valence electrons. The number of ether oxygens (including phenoxy) is 1. The molecule has 0 heterocycles. The molecule has 2 aromatic carbocycles. The minimum absolute atomic E-state index is 0.336. The van der Waals surface area contributed by atoms with E-state index >= 15 is 0 Å². The van der Waals surface area contributed by atoms with Crippen LogP contribution in [0.2, 0.25) is 0 Å². The van der Waals surface area contributed by atoms with E-state index < -0.39 is 11.6 Å². The molecule has 3 heteroatoms. The van der Waals surface area contributed by atoms with Crippen molar-refractivity contribution in [1.29, 1.82) is 0 Å². The lowest BCUT2D eigenvalue weighted by molar-refractivity contribution is 0.303. The molecule has 1 unspecified atom stereocenters. The van der Waals surface area contributed by atoms with Crippen LogP contribution >= 0.6 is 0 Å². The molecule has 1 nitrogen and oxygen atoms in total. The summed E-state index contributed by atoms with van der Waals surface area (Å²) in [6, 6.07) is 11.9. The molecule has 0 radical (unpaired) electrons. The van der Waals surface area contributed by atoms with Crippen LogP contribution in [0.3, 0.4) is 0 Å². The van der Waals surface area contributed by atoms with Crippen molar-refractivity contribution in [2.75, 3.05) is 0 Å². The van der Waals surface area contributed by atoms with Crippen molar-refractivity contribution in [1.82, 2.24) is 0 Å². The van der Waals surface area contributed by atoms with Gasteiger partial charge in [-0.25, -0.2) is 8.78 Å². The normalized spacial score (nSPS) is 12.2. The topological polar surface area (TPSA) is 9.23 Å². The van der Waals surface area contributed by atoms with Gasteiger partial charge in [-0.2, -0.15) is 0 Å². The SMILES string of the molecule is CCCC(C)CCCc1ccc(COc2ccc(F)c(F)c2)cc1. The summed E-state index contributed by atoms with van der Waals surface area (Å²) in [5.41, 5.74) is 2.35. The fourth-order valence-electron chi connectivity index (χ4n) is 2.83. The van der Waals surface area contributed by atoms with Gasteiger partial charge in [-0.15, -0.1) is 0 Å². The number of hydrogen-bond donors (Lipinski definition) is 0. The third-order valence-corrected chi connectivity index (χ3v) is 4.26. The largest absolute Gasteiger partial charge is 0.489 e. The van der Waals surface area contributed by atoms with Crippen LogP contribution in [0.15, 0.2) is 42.5 Å². The molecule has 0 aliphatic heterocycles. The first-order chi connectivity index (χ1) is 11.6. The molecule has 0 bridgehead atoms. The molecule has 2 rings (SSSR count). The molecule has 0 saturated carbocycles. The number of rotatable bonds is 9. The fourth-order valence-corrected chi connectivity index (χ4v) is 2.83. The number of halogens is 2. The predicted octanol–water partition coefficient (Wildman–Crippen LogP) is 6.30. The van der Waals surface area contributed by atoms with E-state index in [1.54, 1.807) is 0 Å². The second kappa shape index (κ2) is 9.41. The molecule has 0 N–H and O–H groups in total. The van der Waals surface area contributed by atoms with Crippen LogP contribution in [-0.4, -0.2) is 0 Å². The summed E-state index contributed by atoms with van der Waals surface area (Å²) in [5.74, 6) is -0.609. The summed E-state index contributed by atoms with van der Waals surface area (Å²) < 4.78 is 31.5. The molecule has 2 aromatic rings. The quantitative estimate of drug-likeness (QED) is 0.523. The van der Waals surface area contributed by atoms with Crippen LogP contribution in [0.4, 0.5) is 8.78 Å². The highest BCUT2D eigenvalue weighted by Crippen LogP contribution is 2.18. The van der Waals surface area contributed by atoms with Crippen LogP contribution < -0.4 is 4.74 Å². The second-order valence-electron chi connectivity index (χ2n) is 6.47. The lowest BCUT2D eigenvalue weighted by Crippen LogP contribution is -1.98. The highest BCUT2D eigenvalue weighted by atomic mass is 19.2. The standard InChI is InChI=1S/C21H26F2O/c1-3-5-16(2)6-4-7-17-8-10-18(11-9-17)15-24-19-12-13-20(22)21(23)14-19/h8-14,16H,3-7,15H2,1-2H3. The van der Waals surface area contributed by atoms with Crippen molar-refractivity contribution < 1.29 is 13.5 Å². The first-order valence-electron chi connectivity index (χ1n) is 8.74. The molecule has 0 aliphatic rings. The zero-order valence-electron chi connectivity index (χ0n) is 14.5. The van der Waals surface area contributed by atoms with Crippen LogP contribution in [0.1, 0.15) is 50.7 Å². The molecule has 0 aliphatic carbocycles. The molecule has 1 atom stereocenters. The van der Waals surface area contributed by atoms with Gasteiger partial charge in [-0.1, -0.05) is 57.4 Å². The monoisotopic (exact) mass is 332 g/mol. The van der Waals surface area contributed by atoms with E-state index in [4.69, 9.17) is 4.74 Å². The number of aryl methyl sites for hydroxylation is 1. The maximum Gasteiger partial charge on any atom is 0.162 e. The van der Waals surface area contributed by atoms with Crippen LogP contribution in [0.25, 0.3) is 0 Å². The summed E-state index contributed by atoms with van der Waals surface area (Å²) in [7, 11) is 0. The lowest BCUT2D eigenvalue weighted by atomic mass is 9.97. The summed E-state index contributed by atoms with van der Waals surface area (Å²) in [6.45, 7) is 4.90. The average molecular weight is 332 g/mol. The molecule has 0 fully saturated rings. The summed E-state index contributed by atoms with van der Waals surface area (Å²) in [4.78, 5) is 0. The van der Waals surface area contributed by atoms with E-state index in [1.165, 1.54) is 37.3 Å². The van der Waals surface area contributed by atoms with Crippen molar-refractivity contribution in [2.45, 2.75) is 52.6 Å². The average Bonchev–Trinajstić information content (AvgIpc) is 2.57. The van der Waals surface area contributed by atoms with Gasteiger partial charge < -0.3 is 4.74 Å². The van der Waals surface area contributed by atoms with Gasteiger partial charge in [0.25, 0.3) is 0 Å². The van der Waals surface area contributed by atoms with E-state index in [-0.39, 0.29) is 0 Å². The Morgan fingerprint density at radius 1 is 0.917 bits per heavy atom. The zero-order valence-corrected chi connectivity index (χ0v) is 14.5. The molecule has 0 saturated heterocycles. The Bertz CT molecular complexity index is 622. The van der Waals surface area contributed by atoms with Crippen molar-refractivity contribution in [2.24, 2.45) is 5.92 Å². The first-order valence-corrected chi connectivity index (χ1v) is 8.74. The Morgan fingerprint density at radius 3 is 2.29 bits per heavy atom. The van der Waals surface area contributed by atoms with Crippen molar-refractivity contribution in [3.63, 3.8) is 0 Å². The van der Waals surface area contributed by atoms with Gasteiger partial charge in [-0.05, 0) is 42.0 Å². The van der Waals surface area contributed by atoms with Crippen molar-refractivity contribution in [3.8, 4) is 5.75 Å². The Morgan fingerprint density at radius 2 is 1.62 bits per heavy atom. The van der Waals surface area contributed by atoms with Gasteiger partial charge in [-0.3, -0.25) is 0 Å². The third kappa shape index (κ3) is 5.95. The molecule has 0 spiro atoms. The van der Waals surface area contributed by atoms with Gasteiger partial charge in [0.15, 0.2) is 11.6 Å². The number of hydrogen-bond acceptors (Lipinski definition) is 1. The Kier molecular flexibility index (Phi) is 7.23. The first kappa shape index (κ1) is 18.4. The summed E-state index contributed by atoms with van der Waals surface area (Å²) >= 11 is 0. The summed E-state index contributed by atoms with van der Waals surface area (Å²) in [6.07, 6.45) is 6.15. The van der Waals surface area contributed by atoms with Gasteiger partial charge in [0, 0.05) is 6.07 Å². The summed E-state index contributed by atoms with van der Waals surface area (Å²) in [5, 5.41) is 0. The molecular formula is C21H26F2O. The Labute approximate surface area is 143 Å². The Balaban J connectivity index is 1.78. The van der Waals surface area contributed by atoms with E-state index in [0.717, 1.165) is 30.0 Å². The second-order valence-corrected chi connectivity index (χ2v) is 6.47. The van der Waals surface area contributed by atoms with E-state index in [1.807, 2.05) is 12.1 Å². The van der Waals surface area contributed by atoms with Gasteiger partial charge >= 0.3 is 0 Å². The van der Waals surface area contributed by atoms with Crippen LogP contribution in [0, 0.1) is 17.6 Å². The smallest absolute Gasteiger partial charge is 0.162 e. The number of benzene rings is 2.